The maximum Gasteiger partial charge on any atom is 0.247 e. The van der Waals surface area contributed by atoms with E-state index in [2.05, 4.69) is 16.0 Å². The van der Waals surface area contributed by atoms with Gasteiger partial charge in [0.05, 0.1) is 23.6 Å². The van der Waals surface area contributed by atoms with Gasteiger partial charge in [-0.25, -0.2) is 8.42 Å². The Kier molecular flexibility index (Phi) is 8.62. The second-order valence-electron chi connectivity index (χ2n) is 10.8. The van der Waals surface area contributed by atoms with Crippen LogP contribution in [0.15, 0.2) is 59.5 Å². The molecule has 3 N–H and O–H groups in total. The van der Waals surface area contributed by atoms with Gasteiger partial charge in [0.2, 0.25) is 27.7 Å². The van der Waals surface area contributed by atoms with Crippen molar-refractivity contribution >= 4 is 27.7 Å². The molecular formula is C29H37N5O6S. The lowest BCUT2D eigenvalue weighted by Crippen LogP contribution is -2.62. The van der Waals surface area contributed by atoms with Crippen LogP contribution in [-0.4, -0.2) is 86.3 Å². The molecule has 5 rings (SSSR count). The number of rotatable bonds is 7. The lowest BCUT2D eigenvalue weighted by atomic mass is 10.00. The molecule has 3 aliphatic heterocycles. The van der Waals surface area contributed by atoms with Crippen LogP contribution < -0.4 is 20.7 Å². The lowest BCUT2D eigenvalue weighted by Gasteiger charge is -2.39. The predicted octanol–water partition coefficient (Wildman–Crippen LogP) is 1.17. The number of fused-ring (bicyclic) bond motifs is 2. The van der Waals surface area contributed by atoms with E-state index in [1.165, 1.54) is 16.4 Å². The number of benzene rings is 2. The number of nitrogens with zero attached hydrogens (tertiary/aromatic N) is 2. The van der Waals surface area contributed by atoms with Crippen molar-refractivity contribution in [3.63, 3.8) is 0 Å². The third-order valence-corrected chi connectivity index (χ3v) is 10.1. The largest absolute Gasteiger partial charge is 0.493 e. The summed E-state index contributed by atoms with van der Waals surface area (Å²) >= 11 is 0. The Morgan fingerprint density at radius 3 is 2.44 bits per heavy atom. The van der Waals surface area contributed by atoms with Crippen molar-refractivity contribution in [2.24, 2.45) is 0 Å². The summed E-state index contributed by atoms with van der Waals surface area (Å²) in [6.45, 7) is 2.05. The molecule has 0 bridgehead atoms. The molecule has 3 heterocycles. The minimum atomic E-state index is -3.92. The molecule has 11 nitrogen and oxygen atoms in total. The molecule has 0 saturated carbocycles. The van der Waals surface area contributed by atoms with Crippen molar-refractivity contribution in [1.29, 1.82) is 0 Å². The number of ether oxygens (including phenoxy) is 1. The first-order valence-corrected chi connectivity index (χ1v) is 15.5. The average molecular weight is 584 g/mol. The summed E-state index contributed by atoms with van der Waals surface area (Å²) in [5, 5.41) is 8.74. The number of para-hydroxylation sites is 1. The number of nitrogens with one attached hydrogen (secondary N) is 3. The molecule has 0 unspecified atom stereocenters. The highest BCUT2D eigenvalue weighted by molar-refractivity contribution is 7.89. The molecular weight excluding hydrogens is 546 g/mol. The van der Waals surface area contributed by atoms with Gasteiger partial charge in [-0.15, -0.1) is 0 Å². The van der Waals surface area contributed by atoms with E-state index in [1.807, 2.05) is 24.3 Å². The van der Waals surface area contributed by atoms with Crippen LogP contribution in [0.25, 0.3) is 0 Å². The third-order valence-electron chi connectivity index (χ3n) is 8.25. The molecule has 0 spiro atoms. The standard InChI is InChI=1S/C29H37N5O6S/c1-19(30-2)27(35)32-24-18-33(41(38,39)21-8-4-3-5-9-21)16-14-20-12-13-25(34(20)29(24)37)28(36)31-23-15-17-40-26-11-7-6-10-22(23)26/h3-11,19-20,23-25,30H,12-18H2,1-2H3,(H,31,36)(H,32,35)/t19-,20+,23+,24-,25-/m0/s1. The first kappa shape index (κ1) is 29.0. The van der Waals surface area contributed by atoms with Gasteiger partial charge >= 0.3 is 0 Å². The number of likely N-dealkylation sites (N-methyl/N-ethyl adjacent to an activating group) is 1. The number of hydrogen-bond acceptors (Lipinski definition) is 7. The van der Waals surface area contributed by atoms with Crippen LogP contribution in [0.5, 0.6) is 5.75 Å². The highest BCUT2D eigenvalue weighted by atomic mass is 32.2. The van der Waals surface area contributed by atoms with E-state index < -0.39 is 40.0 Å². The van der Waals surface area contributed by atoms with Crippen LogP contribution in [-0.2, 0) is 24.4 Å². The van der Waals surface area contributed by atoms with Crippen LogP contribution in [0.2, 0.25) is 0 Å². The number of carbonyl (C=O) groups is 3. The lowest BCUT2D eigenvalue weighted by molar-refractivity contribution is -0.144. The van der Waals surface area contributed by atoms with E-state index >= 15 is 0 Å². The molecule has 2 fully saturated rings. The number of hydrogen-bond donors (Lipinski definition) is 3. The first-order chi connectivity index (χ1) is 19.7. The summed E-state index contributed by atoms with van der Waals surface area (Å²) in [5.41, 5.74) is 0.897. The Morgan fingerprint density at radius 1 is 0.951 bits per heavy atom. The van der Waals surface area contributed by atoms with Crippen LogP contribution in [0.4, 0.5) is 0 Å². The fourth-order valence-electron chi connectivity index (χ4n) is 5.86. The molecule has 3 aliphatic rings. The van der Waals surface area contributed by atoms with Crippen LogP contribution in [0, 0.1) is 0 Å². The minimum absolute atomic E-state index is 0.124. The highest BCUT2D eigenvalue weighted by Crippen LogP contribution is 2.34. The van der Waals surface area contributed by atoms with Gasteiger partial charge < -0.3 is 25.6 Å². The van der Waals surface area contributed by atoms with Crippen molar-refractivity contribution in [1.82, 2.24) is 25.2 Å². The van der Waals surface area contributed by atoms with Gasteiger partial charge in [0.15, 0.2) is 0 Å². The third kappa shape index (κ3) is 5.95. The average Bonchev–Trinajstić information content (AvgIpc) is 3.41. The molecule has 0 aliphatic carbocycles. The monoisotopic (exact) mass is 583 g/mol. The Balaban J connectivity index is 1.40. The van der Waals surface area contributed by atoms with Crippen molar-refractivity contribution in [2.75, 3.05) is 26.7 Å². The molecule has 5 atom stereocenters. The molecule has 3 amide bonds. The normalized spacial score (nSPS) is 25.6. The molecule has 0 radical (unpaired) electrons. The summed E-state index contributed by atoms with van der Waals surface area (Å²) in [5.74, 6) is -0.411. The predicted molar refractivity (Wildman–Crippen MR) is 151 cm³/mol. The summed E-state index contributed by atoms with van der Waals surface area (Å²) in [7, 11) is -2.29. The van der Waals surface area contributed by atoms with Crippen LogP contribution >= 0.6 is 0 Å². The van der Waals surface area contributed by atoms with Gasteiger partial charge in [-0.2, -0.15) is 4.31 Å². The number of sulfonamides is 1. The zero-order valence-electron chi connectivity index (χ0n) is 23.3. The molecule has 220 valence electrons. The molecule has 41 heavy (non-hydrogen) atoms. The smallest absolute Gasteiger partial charge is 0.247 e. The minimum Gasteiger partial charge on any atom is -0.493 e. The molecule has 12 heteroatoms. The van der Waals surface area contributed by atoms with Crippen molar-refractivity contribution in [2.45, 2.75) is 67.7 Å². The Bertz CT molecular complexity index is 1390. The van der Waals surface area contributed by atoms with E-state index in [-0.39, 0.29) is 36.0 Å². The zero-order valence-corrected chi connectivity index (χ0v) is 24.1. The Morgan fingerprint density at radius 2 is 1.68 bits per heavy atom. The van der Waals surface area contributed by atoms with Gasteiger partial charge in [-0.1, -0.05) is 36.4 Å². The number of amides is 3. The van der Waals surface area contributed by atoms with Crippen molar-refractivity contribution in [3.05, 3.63) is 60.2 Å². The fourth-order valence-corrected chi connectivity index (χ4v) is 7.35. The van der Waals surface area contributed by atoms with Gasteiger partial charge in [0.1, 0.15) is 17.8 Å². The van der Waals surface area contributed by atoms with Gasteiger partial charge in [-0.05, 0) is 51.4 Å². The molecule has 2 aromatic rings. The fraction of sp³-hybridized carbons (Fsp3) is 0.483. The van der Waals surface area contributed by atoms with E-state index in [9.17, 15) is 22.8 Å². The maximum absolute atomic E-state index is 14.1. The Hall–Kier alpha value is -3.48. The molecule has 2 aromatic carbocycles. The van der Waals surface area contributed by atoms with Crippen LogP contribution in [0.3, 0.4) is 0 Å². The summed E-state index contributed by atoms with van der Waals surface area (Å²) in [4.78, 5) is 42.4. The van der Waals surface area contributed by atoms with E-state index in [1.54, 1.807) is 37.1 Å². The molecule has 0 aromatic heterocycles. The number of carbonyl (C=O) groups excluding carboxylic acids is 3. The maximum atomic E-state index is 14.1. The van der Waals surface area contributed by atoms with E-state index in [4.69, 9.17) is 4.74 Å². The Labute approximate surface area is 240 Å². The summed E-state index contributed by atoms with van der Waals surface area (Å²) in [6, 6.07) is 12.6. The quantitative estimate of drug-likeness (QED) is 0.445. The van der Waals surface area contributed by atoms with Gasteiger partial charge in [-0.3, -0.25) is 14.4 Å². The first-order valence-electron chi connectivity index (χ1n) is 14.1. The highest BCUT2D eigenvalue weighted by Gasteiger charge is 2.47. The van der Waals surface area contributed by atoms with Gasteiger partial charge in [0, 0.05) is 31.1 Å². The second kappa shape index (κ2) is 12.2. The topological polar surface area (TPSA) is 137 Å². The second-order valence-corrected chi connectivity index (χ2v) is 12.7. The van der Waals surface area contributed by atoms with Crippen LogP contribution in [0.1, 0.15) is 44.2 Å². The van der Waals surface area contributed by atoms with E-state index in [0.29, 0.717) is 32.3 Å². The summed E-state index contributed by atoms with van der Waals surface area (Å²) < 4.78 is 34.1. The zero-order chi connectivity index (χ0) is 29.1. The van der Waals surface area contributed by atoms with Crippen molar-refractivity contribution in [3.8, 4) is 5.75 Å². The SMILES string of the molecule is CN[C@@H](C)C(=O)N[C@H]1CN(S(=O)(=O)c2ccccc2)CC[C@H]2CC[C@@H](C(=O)N[C@@H]3CCOc4ccccc43)N2C1=O. The summed E-state index contributed by atoms with van der Waals surface area (Å²) in [6.07, 6.45) is 2.00. The molecule has 2 saturated heterocycles. The van der Waals surface area contributed by atoms with Crippen molar-refractivity contribution < 1.29 is 27.5 Å². The van der Waals surface area contributed by atoms with E-state index in [0.717, 1.165) is 11.3 Å². The van der Waals surface area contributed by atoms with Gasteiger partial charge in [0.25, 0.3) is 0 Å².